The van der Waals surface area contributed by atoms with Crippen molar-refractivity contribution in [3.8, 4) is 0 Å². The van der Waals surface area contributed by atoms with Gasteiger partial charge in [0.05, 0.1) is 0 Å². The summed E-state index contributed by atoms with van der Waals surface area (Å²) >= 11 is 0. The molecule has 0 atom stereocenters. The first-order chi connectivity index (χ1) is 1.00. The van der Waals surface area contributed by atoms with E-state index in [1.165, 1.54) is 0 Å². The van der Waals surface area contributed by atoms with Crippen LogP contribution in [0.4, 0.5) is 0 Å². The minimum atomic E-state index is 0. The molecule has 0 unspecified atom stereocenters. The van der Waals surface area contributed by atoms with Crippen LogP contribution in [0.1, 0.15) is 0 Å². The topological polar surface area (TPSA) is 17.1 Å². The van der Waals surface area contributed by atoms with Crippen LogP contribution in [0.2, 0.25) is 0 Å². The quantitative estimate of drug-likeness (QED) is 0.313. The zero-order chi connectivity index (χ0) is 2.00. The van der Waals surface area contributed by atoms with Crippen LogP contribution in [-0.4, -0.2) is 18.9 Å². The van der Waals surface area contributed by atoms with Crippen LogP contribution in [0.15, 0.2) is 0 Å². The third kappa shape index (κ3) is 9.96. The Bertz CT molecular complexity index is 8.00. The SMILES string of the molecule is O=P.[Li].[Ti]. The van der Waals surface area contributed by atoms with E-state index in [0.717, 1.165) is 0 Å². The van der Waals surface area contributed by atoms with Crippen molar-refractivity contribution in [1.82, 2.24) is 0 Å². The summed E-state index contributed by atoms with van der Waals surface area (Å²) < 4.78 is 8.06. The molecule has 0 aromatic heterocycles. The first-order valence-corrected chi connectivity index (χ1v) is 0.612. The van der Waals surface area contributed by atoms with E-state index in [9.17, 15) is 0 Å². The van der Waals surface area contributed by atoms with Gasteiger partial charge in [0.25, 0.3) is 0 Å². The normalized spacial score (nSPS) is 1.00. The summed E-state index contributed by atoms with van der Waals surface area (Å²) in [5.41, 5.74) is 0. The van der Waals surface area contributed by atoms with E-state index in [0.29, 0.717) is 0 Å². The average molecular weight is 103 g/mol. The molecule has 0 rings (SSSR count). The number of hydrogen-bond donors (Lipinski definition) is 0. The van der Waals surface area contributed by atoms with E-state index in [2.05, 4.69) is 0 Å². The summed E-state index contributed by atoms with van der Waals surface area (Å²) in [6.45, 7) is 0. The fourth-order valence-corrected chi connectivity index (χ4v) is 0. The first kappa shape index (κ1) is 18.1. The summed E-state index contributed by atoms with van der Waals surface area (Å²) in [5, 5.41) is 0. The van der Waals surface area contributed by atoms with Gasteiger partial charge in [-0.15, -0.1) is 0 Å². The minimum Gasteiger partial charge on any atom is -0.279 e. The van der Waals surface area contributed by atoms with Crippen LogP contribution in [0.25, 0.3) is 0 Å². The molecule has 1 radical (unpaired) electrons. The minimum absolute atomic E-state index is 0. The number of rotatable bonds is 0. The van der Waals surface area contributed by atoms with Gasteiger partial charge in [-0.2, -0.15) is 0 Å². The zero-order valence-corrected chi connectivity index (χ0v) is 4.97. The van der Waals surface area contributed by atoms with Crippen LogP contribution < -0.4 is 0 Å². The monoisotopic (exact) mass is 103 g/mol. The third-order valence-corrected chi connectivity index (χ3v) is 0. The molecule has 0 saturated heterocycles. The molecule has 17 valence electrons. The van der Waals surface area contributed by atoms with Gasteiger partial charge in [-0.05, 0) is 0 Å². The molecule has 0 fully saturated rings. The van der Waals surface area contributed by atoms with Gasteiger partial charge in [0.2, 0.25) is 0 Å². The van der Waals surface area contributed by atoms with E-state index in [1.807, 2.05) is 0 Å². The zero-order valence-electron chi connectivity index (χ0n) is 2.41. The Balaban J connectivity index is -0.00000000500. The second-order valence-electron chi connectivity index (χ2n) is 0. The standard InChI is InChI=1S/Li.HOP.Ti/c;1-2;/h;2H;. The van der Waals surface area contributed by atoms with Gasteiger partial charge in [0.1, 0.15) is 9.12 Å². The molecule has 0 aliphatic carbocycles. The van der Waals surface area contributed by atoms with E-state index in [4.69, 9.17) is 4.57 Å². The Kier molecular flexibility index (Phi) is 117. The molecule has 0 amide bonds. The van der Waals surface area contributed by atoms with Gasteiger partial charge in [-0.25, -0.2) is 0 Å². The largest absolute Gasteiger partial charge is 0.279 e. The Morgan fingerprint density at radius 3 is 1.25 bits per heavy atom. The van der Waals surface area contributed by atoms with Crippen LogP contribution in [0, 0.1) is 0 Å². The van der Waals surface area contributed by atoms with E-state index < -0.39 is 0 Å². The maximum Gasteiger partial charge on any atom is 0.138 e. The molecule has 0 aliphatic rings. The Morgan fingerprint density at radius 1 is 1.25 bits per heavy atom. The molecular weight excluding hydrogens is 102 g/mol. The second-order valence-corrected chi connectivity index (χ2v) is 0. The molecule has 4 heavy (non-hydrogen) atoms. The Labute approximate surface area is 54.2 Å². The molecule has 0 N–H and O–H groups in total. The Morgan fingerprint density at radius 2 is 1.25 bits per heavy atom. The summed E-state index contributed by atoms with van der Waals surface area (Å²) in [6.07, 6.45) is 0. The van der Waals surface area contributed by atoms with E-state index >= 15 is 0 Å². The van der Waals surface area contributed by atoms with Crippen LogP contribution in [0.3, 0.4) is 0 Å². The predicted molar refractivity (Wildman–Crippen MR) is 14.8 cm³/mol. The van der Waals surface area contributed by atoms with Crippen LogP contribution >= 0.6 is 9.12 Å². The molecule has 0 saturated carbocycles. The molecule has 0 bridgehead atoms. The maximum absolute atomic E-state index is 8.06. The van der Waals surface area contributed by atoms with Gasteiger partial charge >= 0.3 is 0 Å². The second kappa shape index (κ2) is 25.8. The summed E-state index contributed by atoms with van der Waals surface area (Å²) in [4.78, 5) is 0. The van der Waals surface area contributed by atoms with E-state index in [-0.39, 0.29) is 40.6 Å². The molecule has 0 aromatic rings. The van der Waals surface area contributed by atoms with Gasteiger partial charge in [-0.1, -0.05) is 0 Å². The van der Waals surface area contributed by atoms with Crippen molar-refractivity contribution in [2.24, 2.45) is 0 Å². The fourth-order valence-electron chi connectivity index (χ4n) is 0. The summed E-state index contributed by atoms with van der Waals surface area (Å²) in [7, 11) is 1.72. The molecular formula is HLiOPTi. The summed E-state index contributed by atoms with van der Waals surface area (Å²) in [6, 6.07) is 0. The smallest absolute Gasteiger partial charge is 0.138 e. The van der Waals surface area contributed by atoms with E-state index in [1.54, 1.807) is 9.12 Å². The third-order valence-electron chi connectivity index (χ3n) is 0. The van der Waals surface area contributed by atoms with Crippen molar-refractivity contribution in [2.45, 2.75) is 0 Å². The van der Waals surface area contributed by atoms with Crippen molar-refractivity contribution in [3.05, 3.63) is 0 Å². The van der Waals surface area contributed by atoms with Crippen molar-refractivity contribution in [1.29, 1.82) is 0 Å². The van der Waals surface area contributed by atoms with Gasteiger partial charge < -0.3 is 0 Å². The fraction of sp³-hybridized carbons (Fsp3) is 0. The molecule has 0 spiro atoms. The number of hydrogen-bond acceptors (Lipinski definition) is 1. The predicted octanol–water partition coefficient (Wildman–Crippen LogP) is 0.0914. The van der Waals surface area contributed by atoms with Crippen molar-refractivity contribution in [2.75, 3.05) is 0 Å². The Hall–Kier alpha value is 1.41. The van der Waals surface area contributed by atoms with Crippen LogP contribution in [0.5, 0.6) is 0 Å². The molecule has 0 aliphatic heterocycles. The van der Waals surface area contributed by atoms with Crippen molar-refractivity contribution < 1.29 is 26.3 Å². The van der Waals surface area contributed by atoms with Crippen molar-refractivity contribution >= 4 is 28.0 Å². The molecule has 1 nitrogen and oxygen atoms in total. The van der Waals surface area contributed by atoms with Gasteiger partial charge in [-0.3, -0.25) is 4.57 Å². The average Bonchev–Trinajstić information content (AvgIpc) is 1.00. The maximum atomic E-state index is 8.06. The van der Waals surface area contributed by atoms with Crippen LogP contribution in [-0.2, 0) is 26.3 Å². The van der Waals surface area contributed by atoms with Crippen molar-refractivity contribution in [3.63, 3.8) is 0 Å². The molecule has 0 heterocycles. The molecule has 4 heteroatoms. The van der Waals surface area contributed by atoms with Gasteiger partial charge in [0.15, 0.2) is 0 Å². The molecule has 0 aromatic carbocycles. The van der Waals surface area contributed by atoms with Gasteiger partial charge in [0, 0.05) is 40.6 Å². The summed E-state index contributed by atoms with van der Waals surface area (Å²) in [5.74, 6) is 0. The first-order valence-electron chi connectivity index (χ1n) is 0.204.